The first-order chi connectivity index (χ1) is 12.3. The molecule has 3 aromatic rings. The number of carbonyl (C=O) groups is 1. The Hall–Kier alpha value is -2.14. The third-order valence-electron chi connectivity index (χ3n) is 5.01. The topological polar surface area (TPSA) is 46.4 Å². The lowest BCUT2D eigenvalue weighted by atomic mass is 9.89. The normalized spacial score (nSPS) is 15.5. The highest BCUT2D eigenvalue weighted by atomic mass is 32.1. The quantitative estimate of drug-likeness (QED) is 0.743. The van der Waals surface area contributed by atoms with Crippen LogP contribution >= 0.6 is 11.3 Å². The summed E-state index contributed by atoms with van der Waals surface area (Å²) < 4.78 is 2.05. The van der Waals surface area contributed by atoms with E-state index >= 15 is 0 Å². The molecule has 0 spiro atoms. The number of hydrogen-bond donors (Lipinski definition) is 1. The van der Waals surface area contributed by atoms with Crippen LogP contribution in [0, 0.1) is 5.92 Å². The summed E-state index contributed by atoms with van der Waals surface area (Å²) in [5, 5.41) is 5.16. The molecule has 1 aromatic carbocycles. The van der Waals surface area contributed by atoms with Crippen molar-refractivity contribution in [2.75, 3.05) is 6.54 Å². The van der Waals surface area contributed by atoms with E-state index in [2.05, 4.69) is 22.4 Å². The Labute approximate surface area is 151 Å². The van der Waals surface area contributed by atoms with Crippen LogP contribution in [0.1, 0.15) is 37.8 Å². The molecule has 1 N–H and O–H groups in total. The van der Waals surface area contributed by atoms with Gasteiger partial charge in [0.25, 0.3) is 0 Å². The number of benzene rings is 1. The lowest BCUT2D eigenvalue weighted by molar-refractivity contribution is -0.120. The molecule has 1 amide bonds. The number of imidazole rings is 1. The number of nitrogens with zero attached hydrogens (tertiary/aromatic N) is 2. The maximum absolute atomic E-state index is 12.3. The van der Waals surface area contributed by atoms with Crippen LogP contribution in [0.25, 0.3) is 16.2 Å². The van der Waals surface area contributed by atoms with Gasteiger partial charge in [-0.1, -0.05) is 49.6 Å². The second-order valence-electron chi connectivity index (χ2n) is 6.86. The standard InChI is InChI=1S/C20H23N3OS/c24-19(21-12-15-7-3-1-4-8-15)11-17-14-25-20-22-18(13-23(17)20)16-9-5-2-6-10-16/h2,5-6,9-10,13-15H,1,3-4,7-8,11-12H2,(H,21,24). The third-order valence-corrected chi connectivity index (χ3v) is 5.90. The second-order valence-corrected chi connectivity index (χ2v) is 7.69. The summed E-state index contributed by atoms with van der Waals surface area (Å²) in [5.74, 6) is 0.776. The van der Waals surface area contributed by atoms with Gasteiger partial charge >= 0.3 is 0 Å². The van der Waals surface area contributed by atoms with Crippen molar-refractivity contribution in [3.8, 4) is 11.3 Å². The van der Waals surface area contributed by atoms with E-state index in [-0.39, 0.29) is 5.91 Å². The van der Waals surface area contributed by atoms with Crippen molar-refractivity contribution in [2.24, 2.45) is 5.92 Å². The lowest BCUT2D eigenvalue weighted by Crippen LogP contribution is -2.31. The summed E-state index contributed by atoms with van der Waals surface area (Å²) in [4.78, 5) is 18.0. The largest absolute Gasteiger partial charge is 0.355 e. The molecule has 4 rings (SSSR count). The lowest BCUT2D eigenvalue weighted by Gasteiger charge is -2.21. The second kappa shape index (κ2) is 7.40. The Morgan fingerprint density at radius 1 is 1.20 bits per heavy atom. The summed E-state index contributed by atoms with van der Waals surface area (Å²) in [6.07, 6.45) is 8.92. The van der Waals surface area contributed by atoms with Crippen LogP contribution in [0.5, 0.6) is 0 Å². The Bertz CT molecular complexity index is 846. The van der Waals surface area contributed by atoms with Crippen molar-refractivity contribution in [1.82, 2.24) is 14.7 Å². The molecule has 25 heavy (non-hydrogen) atoms. The molecular formula is C20H23N3OS. The van der Waals surface area contributed by atoms with Gasteiger partial charge in [-0.2, -0.15) is 0 Å². The number of hydrogen-bond acceptors (Lipinski definition) is 3. The molecule has 0 atom stereocenters. The summed E-state index contributed by atoms with van der Waals surface area (Å²) in [7, 11) is 0. The van der Waals surface area contributed by atoms with E-state index in [1.54, 1.807) is 11.3 Å². The van der Waals surface area contributed by atoms with E-state index < -0.39 is 0 Å². The SMILES string of the molecule is O=C(Cc1csc2nc(-c3ccccc3)cn12)NCC1CCCCC1. The van der Waals surface area contributed by atoms with Crippen molar-refractivity contribution in [1.29, 1.82) is 0 Å². The van der Waals surface area contributed by atoms with E-state index in [4.69, 9.17) is 0 Å². The number of thiazole rings is 1. The fraction of sp³-hybridized carbons (Fsp3) is 0.400. The Kier molecular flexibility index (Phi) is 4.83. The van der Waals surface area contributed by atoms with Gasteiger partial charge in [-0.25, -0.2) is 4.98 Å². The molecule has 130 valence electrons. The molecule has 0 saturated heterocycles. The molecular weight excluding hydrogens is 330 g/mol. The van der Waals surface area contributed by atoms with Gasteiger partial charge in [-0.3, -0.25) is 9.20 Å². The third kappa shape index (κ3) is 3.76. The Balaban J connectivity index is 1.42. The molecule has 0 bridgehead atoms. The van der Waals surface area contributed by atoms with E-state index in [9.17, 15) is 4.79 Å². The van der Waals surface area contributed by atoms with Gasteiger partial charge in [0, 0.05) is 29.4 Å². The zero-order valence-corrected chi connectivity index (χ0v) is 15.1. The Morgan fingerprint density at radius 2 is 2.00 bits per heavy atom. The first kappa shape index (κ1) is 16.3. The maximum Gasteiger partial charge on any atom is 0.225 e. The predicted octanol–water partition coefficient (Wildman–Crippen LogP) is 4.30. The summed E-state index contributed by atoms with van der Waals surface area (Å²) >= 11 is 1.59. The van der Waals surface area contributed by atoms with Crippen LogP contribution in [0.15, 0.2) is 41.9 Å². The first-order valence-corrected chi connectivity index (χ1v) is 9.95. The monoisotopic (exact) mass is 353 g/mol. The molecule has 4 nitrogen and oxygen atoms in total. The van der Waals surface area contributed by atoms with Gasteiger partial charge in [0.1, 0.15) is 0 Å². The molecule has 2 heterocycles. The van der Waals surface area contributed by atoms with Crippen molar-refractivity contribution in [2.45, 2.75) is 38.5 Å². The summed E-state index contributed by atoms with van der Waals surface area (Å²) in [6.45, 7) is 0.825. The van der Waals surface area contributed by atoms with E-state index in [0.717, 1.165) is 28.5 Å². The highest BCUT2D eigenvalue weighted by Crippen LogP contribution is 2.24. The minimum Gasteiger partial charge on any atom is -0.355 e. The van der Waals surface area contributed by atoms with Gasteiger partial charge < -0.3 is 5.32 Å². The van der Waals surface area contributed by atoms with Gasteiger partial charge in [-0.05, 0) is 18.8 Å². The zero-order valence-electron chi connectivity index (χ0n) is 14.3. The van der Waals surface area contributed by atoms with E-state index in [0.29, 0.717) is 12.3 Å². The van der Waals surface area contributed by atoms with Crippen LogP contribution in [0.4, 0.5) is 0 Å². The minimum absolute atomic E-state index is 0.111. The molecule has 2 aromatic heterocycles. The van der Waals surface area contributed by atoms with Crippen LogP contribution in [0.3, 0.4) is 0 Å². The minimum atomic E-state index is 0.111. The van der Waals surface area contributed by atoms with Crippen molar-refractivity contribution < 1.29 is 4.79 Å². The highest BCUT2D eigenvalue weighted by Gasteiger charge is 2.16. The molecule has 1 aliphatic rings. The van der Waals surface area contributed by atoms with E-state index in [1.165, 1.54) is 32.1 Å². The van der Waals surface area contributed by atoms with Crippen molar-refractivity contribution in [3.63, 3.8) is 0 Å². The van der Waals surface area contributed by atoms with Gasteiger partial charge in [-0.15, -0.1) is 11.3 Å². The van der Waals surface area contributed by atoms with Gasteiger partial charge in [0.05, 0.1) is 12.1 Å². The van der Waals surface area contributed by atoms with Crippen molar-refractivity contribution in [3.05, 3.63) is 47.6 Å². The molecule has 1 saturated carbocycles. The fourth-order valence-corrected chi connectivity index (χ4v) is 4.45. The van der Waals surface area contributed by atoms with Crippen molar-refractivity contribution >= 4 is 22.2 Å². The molecule has 0 radical (unpaired) electrons. The fourth-order valence-electron chi connectivity index (χ4n) is 3.58. The average molecular weight is 353 g/mol. The zero-order chi connectivity index (χ0) is 17.1. The molecule has 0 aliphatic heterocycles. The molecule has 1 aliphatic carbocycles. The van der Waals surface area contributed by atoms with Crippen LogP contribution in [-0.4, -0.2) is 21.8 Å². The Morgan fingerprint density at radius 3 is 2.80 bits per heavy atom. The maximum atomic E-state index is 12.3. The number of aromatic nitrogens is 2. The number of carbonyl (C=O) groups excluding carboxylic acids is 1. The molecule has 5 heteroatoms. The first-order valence-electron chi connectivity index (χ1n) is 9.07. The number of nitrogens with one attached hydrogen (secondary N) is 1. The van der Waals surface area contributed by atoms with Gasteiger partial charge in [0.15, 0.2) is 4.96 Å². The summed E-state index contributed by atoms with van der Waals surface area (Å²) in [5.41, 5.74) is 3.07. The van der Waals surface area contributed by atoms with Crippen LogP contribution in [0.2, 0.25) is 0 Å². The number of fused-ring (bicyclic) bond motifs is 1. The molecule has 1 fully saturated rings. The number of amides is 1. The average Bonchev–Trinajstić information content (AvgIpc) is 3.24. The smallest absolute Gasteiger partial charge is 0.225 e. The van der Waals surface area contributed by atoms with Gasteiger partial charge in [0.2, 0.25) is 5.91 Å². The highest BCUT2D eigenvalue weighted by molar-refractivity contribution is 7.15. The number of rotatable bonds is 5. The van der Waals surface area contributed by atoms with E-state index in [1.807, 2.05) is 34.2 Å². The van der Waals surface area contributed by atoms with Crippen LogP contribution in [-0.2, 0) is 11.2 Å². The summed E-state index contributed by atoms with van der Waals surface area (Å²) in [6, 6.07) is 10.2. The van der Waals surface area contributed by atoms with Crippen LogP contribution < -0.4 is 5.32 Å². The molecule has 0 unspecified atom stereocenters. The predicted molar refractivity (Wildman–Crippen MR) is 102 cm³/mol.